The van der Waals surface area contributed by atoms with Crippen molar-refractivity contribution >= 4 is 23.6 Å². The van der Waals surface area contributed by atoms with Gasteiger partial charge in [0.1, 0.15) is 0 Å². The van der Waals surface area contributed by atoms with Crippen LogP contribution < -0.4 is 10.2 Å². The van der Waals surface area contributed by atoms with Crippen LogP contribution in [0.25, 0.3) is 0 Å². The van der Waals surface area contributed by atoms with Crippen LogP contribution >= 0.6 is 0 Å². The maximum atomic E-state index is 12.7. The first-order valence-electron chi connectivity index (χ1n) is 8.40. The summed E-state index contributed by atoms with van der Waals surface area (Å²) in [5.74, 6) is -2.15. The molecule has 0 aliphatic carbocycles. The Kier molecular flexibility index (Phi) is 6.41. The van der Waals surface area contributed by atoms with Crippen LogP contribution in [0.2, 0.25) is 0 Å². The molecule has 1 heterocycles. The van der Waals surface area contributed by atoms with Gasteiger partial charge in [0.15, 0.2) is 5.92 Å². The van der Waals surface area contributed by atoms with Crippen LogP contribution in [-0.2, 0) is 16.1 Å². The molecule has 25 heavy (non-hydrogen) atoms. The third-order valence-electron chi connectivity index (χ3n) is 4.05. The molecule has 0 saturated carbocycles. The van der Waals surface area contributed by atoms with Crippen LogP contribution in [-0.4, -0.2) is 55.6 Å². The fourth-order valence-corrected chi connectivity index (χ4v) is 2.68. The summed E-state index contributed by atoms with van der Waals surface area (Å²) >= 11 is 0. The first-order valence-corrected chi connectivity index (χ1v) is 8.40. The minimum atomic E-state index is -1.03. The van der Waals surface area contributed by atoms with Gasteiger partial charge in [-0.2, -0.15) is 0 Å². The first-order chi connectivity index (χ1) is 11.9. The van der Waals surface area contributed by atoms with E-state index in [1.165, 1.54) is 4.90 Å². The lowest BCUT2D eigenvalue weighted by atomic mass is 9.99. The van der Waals surface area contributed by atoms with Gasteiger partial charge >= 0.3 is 6.03 Å². The van der Waals surface area contributed by atoms with E-state index in [-0.39, 0.29) is 6.54 Å². The number of benzene rings is 1. The van der Waals surface area contributed by atoms with Crippen LogP contribution in [0, 0.1) is 5.92 Å². The predicted octanol–water partition coefficient (Wildman–Crippen LogP) is -0.123. The Hall–Kier alpha value is -2.54. The molecule has 1 unspecified atom stereocenters. The third kappa shape index (κ3) is 4.96. The van der Waals surface area contributed by atoms with E-state index < -0.39 is 23.8 Å². The predicted molar refractivity (Wildman–Crippen MR) is 94.3 cm³/mol. The van der Waals surface area contributed by atoms with Gasteiger partial charge in [-0.1, -0.05) is 30.3 Å². The zero-order chi connectivity index (χ0) is 18.4. The summed E-state index contributed by atoms with van der Waals surface area (Å²) in [4.78, 5) is 43.6. The number of hydrogen-bond donors (Lipinski definition) is 2. The number of barbiturate groups is 1. The number of nitrogens with zero attached hydrogens (tertiary/aromatic N) is 2. The Morgan fingerprint density at radius 2 is 1.88 bits per heavy atom. The normalized spacial score (nSPS) is 18.7. The van der Waals surface area contributed by atoms with Gasteiger partial charge in [0, 0.05) is 18.7 Å². The number of carbonyl (C=O) groups is 3. The molecule has 0 spiro atoms. The van der Waals surface area contributed by atoms with Crippen LogP contribution in [0.3, 0.4) is 0 Å². The smallest absolute Gasteiger partial charge is 0.331 e. The number of urea groups is 1. The SMILES string of the molecule is CC(=NCCC[NH+](C)C)C1C(=O)NC(=O)N(Cc2ccccc2)C1=O. The van der Waals surface area contributed by atoms with Gasteiger partial charge in [-0.15, -0.1) is 0 Å². The highest BCUT2D eigenvalue weighted by Gasteiger charge is 2.41. The summed E-state index contributed by atoms with van der Waals surface area (Å²) < 4.78 is 0. The molecular formula is C18H25N4O3+. The van der Waals surface area contributed by atoms with Crippen molar-refractivity contribution in [3.63, 3.8) is 0 Å². The van der Waals surface area contributed by atoms with Crippen molar-refractivity contribution in [1.82, 2.24) is 10.2 Å². The highest BCUT2D eigenvalue weighted by Crippen LogP contribution is 2.16. The van der Waals surface area contributed by atoms with E-state index in [1.807, 2.05) is 30.3 Å². The molecular weight excluding hydrogens is 320 g/mol. The van der Waals surface area contributed by atoms with E-state index >= 15 is 0 Å². The van der Waals surface area contributed by atoms with Crippen LogP contribution in [0.15, 0.2) is 35.3 Å². The Morgan fingerprint density at radius 1 is 1.20 bits per heavy atom. The summed E-state index contributed by atoms with van der Waals surface area (Å²) in [6.45, 7) is 3.31. The molecule has 134 valence electrons. The van der Waals surface area contributed by atoms with Gasteiger partial charge in [-0.05, 0) is 12.5 Å². The van der Waals surface area contributed by atoms with Crippen molar-refractivity contribution in [2.75, 3.05) is 27.2 Å². The number of nitrogens with one attached hydrogen (secondary N) is 2. The van der Waals surface area contributed by atoms with E-state index in [1.54, 1.807) is 6.92 Å². The van der Waals surface area contributed by atoms with Gasteiger partial charge in [0.05, 0.1) is 27.2 Å². The molecule has 0 radical (unpaired) electrons. The lowest BCUT2D eigenvalue weighted by Crippen LogP contribution is -3.05. The molecule has 1 saturated heterocycles. The molecule has 2 N–H and O–H groups in total. The number of amides is 4. The molecule has 7 nitrogen and oxygen atoms in total. The molecule has 0 aromatic heterocycles. The van der Waals surface area contributed by atoms with Crippen molar-refractivity contribution < 1.29 is 19.3 Å². The van der Waals surface area contributed by atoms with E-state index in [2.05, 4.69) is 24.4 Å². The molecule has 4 amide bonds. The molecule has 1 fully saturated rings. The zero-order valence-electron chi connectivity index (χ0n) is 14.9. The molecule has 1 aromatic carbocycles. The van der Waals surface area contributed by atoms with Crippen LogP contribution in [0.4, 0.5) is 4.79 Å². The summed E-state index contributed by atoms with van der Waals surface area (Å²) in [7, 11) is 4.11. The molecule has 1 aromatic rings. The minimum Gasteiger partial charge on any atom is -0.340 e. The molecule has 1 atom stereocenters. The van der Waals surface area contributed by atoms with E-state index in [4.69, 9.17) is 0 Å². The van der Waals surface area contributed by atoms with Crippen LogP contribution in [0.5, 0.6) is 0 Å². The summed E-state index contributed by atoms with van der Waals surface area (Å²) in [5, 5.41) is 2.26. The quantitative estimate of drug-likeness (QED) is 0.410. The highest BCUT2D eigenvalue weighted by atomic mass is 16.2. The standard InChI is InChI=1S/C18H24N4O3/c1-13(19-10-7-11-21(2)3)15-16(23)20-18(25)22(17(15)24)12-14-8-5-4-6-9-14/h4-6,8-9,15H,7,10-12H2,1-3H3,(H,20,23,25)/p+1. The molecule has 1 aliphatic rings. The first kappa shape index (κ1) is 18.8. The Morgan fingerprint density at radius 3 is 2.52 bits per heavy atom. The third-order valence-corrected chi connectivity index (χ3v) is 4.05. The Labute approximate surface area is 147 Å². The second-order valence-electron chi connectivity index (χ2n) is 6.47. The number of carbonyl (C=O) groups excluding carboxylic acids is 3. The zero-order valence-corrected chi connectivity index (χ0v) is 14.9. The number of aliphatic imine (C=N–C) groups is 1. The van der Waals surface area contributed by atoms with Crippen molar-refractivity contribution in [3.8, 4) is 0 Å². The average molecular weight is 345 g/mol. The van der Waals surface area contributed by atoms with Gasteiger partial charge in [-0.3, -0.25) is 24.8 Å². The van der Waals surface area contributed by atoms with E-state index in [0.29, 0.717) is 12.3 Å². The van der Waals surface area contributed by atoms with Gasteiger partial charge in [-0.25, -0.2) is 4.79 Å². The van der Waals surface area contributed by atoms with Gasteiger partial charge < -0.3 is 4.90 Å². The number of rotatable bonds is 7. The summed E-state index contributed by atoms with van der Waals surface area (Å²) in [6.07, 6.45) is 0.870. The maximum Gasteiger partial charge on any atom is 0.331 e. The Balaban J connectivity index is 2.09. The molecule has 2 rings (SSSR count). The monoisotopic (exact) mass is 345 g/mol. The van der Waals surface area contributed by atoms with Gasteiger partial charge in [0.2, 0.25) is 11.8 Å². The molecule has 1 aliphatic heterocycles. The fourth-order valence-electron chi connectivity index (χ4n) is 2.68. The summed E-state index contributed by atoms with van der Waals surface area (Å²) in [6, 6.07) is 8.51. The van der Waals surface area contributed by atoms with Crippen molar-refractivity contribution in [2.24, 2.45) is 10.9 Å². The van der Waals surface area contributed by atoms with Gasteiger partial charge in [0.25, 0.3) is 0 Å². The van der Waals surface area contributed by atoms with Crippen LogP contribution in [0.1, 0.15) is 18.9 Å². The lowest BCUT2D eigenvalue weighted by Gasteiger charge is -2.30. The number of quaternary nitrogens is 1. The van der Waals surface area contributed by atoms with Crippen molar-refractivity contribution in [1.29, 1.82) is 0 Å². The minimum absolute atomic E-state index is 0.132. The van der Waals surface area contributed by atoms with E-state index in [9.17, 15) is 14.4 Å². The Bertz CT molecular complexity index is 670. The van der Waals surface area contributed by atoms with Crippen molar-refractivity contribution in [2.45, 2.75) is 19.9 Å². The molecule has 0 bridgehead atoms. The largest absolute Gasteiger partial charge is 0.340 e. The highest BCUT2D eigenvalue weighted by molar-refractivity contribution is 6.27. The second kappa shape index (κ2) is 8.53. The maximum absolute atomic E-state index is 12.7. The second-order valence-corrected chi connectivity index (χ2v) is 6.47. The summed E-state index contributed by atoms with van der Waals surface area (Å²) in [5.41, 5.74) is 1.27. The van der Waals surface area contributed by atoms with E-state index in [0.717, 1.165) is 23.4 Å². The fraction of sp³-hybridized carbons (Fsp3) is 0.444. The number of hydrogen-bond acceptors (Lipinski definition) is 4. The topological polar surface area (TPSA) is 83.3 Å². The average Bonchev–Trinajstić information content (AvgIpc) is 2.56. The lowest BCUT2D eigenvalue weighted by molar-refractivity contribution is -0.858. The van der Waals surface area contributed by atoms with Crippen molar-refractivity contribution in [3.05, 3.63) is 35.9 Å². The molecule has 7 heteroatoms. The number of imide groups is 2.